The molecule has 1 aliphatic heterocycles. The lowest BCUT2D eigenvalue weighted by atomic mass is 9.99. The highest BCUT2D eigenvalue weighted by atomic mass is 32.2. The van der Waals surface area contributed by atoms with E-state index in [9.17, 15) is 21.6 Å². The Morgan fingerprint density at radius 3 is 2.18 bits per heavy atom. The van der Waals surface area contributed by atoms with Gasteiger partial charge in [-0.25, -0.2) is 16.8 Å². The molecular weight excluding hydrogens is 478 g/mol. The van der Waals surface area contributed by atoms with Crippen LogP contribution < -0.4 is 0 Å². The summed E-state index contributed by atoms with van der Waals surface area (Å²) < 4.78 is 53.2. The molecule has 0 aromatic heterocycles. The molecule has 1 atom stereocenters. The van der Waals surface area contributed by atoms with Gasteiger partial charge in [-0.1, -0.05) is 36.5 Å². The zero-order chi connectivity index (χ0) is 25.1. The maximum absolute atomic E-state index is 13.1. The average Bonchev–Trinajstić information content (AvgIpc) is 2.87. The molecule has 0 N–H and O–H groups in total. The summed E-state index contributed by atoms with van der Waals surface area (Å²) in [6.07, 6.45) is 0.972. The van der Waals surface area contributed by atoms with Crippen molar-refractivity contribution in [2.75, 3.05) is 40.3 Å². The van der Waals surface area contributed by atoms with Crippen LogP contribution in [0, 0.1) is 0 Å². The van der Waals surface area contributed by atoms with Crippen molar-refractivity contribution in [1.82, 2.24) is 13.7 Å². The van der Waals surface area contributed by atoms with E-state index in [1.165, 1.54) is 47.6 Å². The first kappa shape index (κ1) is 26.3. The van der Waals surface area contributed by atoms with E-state index < -0.39 is 20.0 Å². The molecule has 1 heterocycles. The zero-order valence-electron chi connectivity index (χ0n) is 19.8. The molecule has 0 unspecified atom stereocenters. The molecular formula is C23H31N3O6S2. The highest BCUT2D eigenvalue weighted by Gasteiger charge is 2.31. The molecule has 2 aromatic carbocycles. The third-order valence-electron chi connectivity index (χ3n) is 6.20. The smallest absolute Gasteiger partial charge is 0.264 e. The van der Waals surface area contributed by atoms with Gasteiger partial charge in [-0.2, -0.15) is 4.31 Å². The third-order valence-corrected chi connectivity index (χ3v) is 9.79. The van der Waals surface area contributed by atoms with Crippen LogP contribution in [0.1, 0.15) is 42.1 Å². The minimum atomic E-state index is -3.89. The van der Waals surface area contributed by atoms with Gasteiger partial charge in [0.05, 0.1) is 16.9 Å². The number of nitrogens with zero attached hydrogens (tertiary/aromatic N) is 3. The number of carbonyl (C=O) groups is 1. The van der Waals surface area contributed by atoms with E-state index in [1.807, 2.05) is 12.1 Å². The van der Waals surface area contributed by atoms with Gasteiger partial charge in [-0.15, -0.1) is 0 Å². The lowest BCUT2D eigenvalue weighted by Gasteiger charge is -2.34. The van der Waals surface area contributed by atoms with Crippen LogP contribution in [0.4, 0.5) is 0 Å². The molecule has 1 aliphatic rings. The summed E-state index contributed by atoms with van der Waals surface area (Å²) in [6.45, 7) is 4.91. The number of hydrogen-bond donors (Lipinski definition) is 0. The number of rotatable bonds is 8. The van der Waals surface area contributed by atoms with E-state index in [1.54, 1.807) is 12.1 Å². The Labute approximate surface area is 202 Å². The molecule has 1 saturated heterocycles. The van der Waals surface area contributed by atoms with Gasteiger partial charge in [-0.05, 0) is 48.2 Å². The van der Waals surface area contributed by atoms with Crippen molar-refractivity contribution in [1.29, 1.82) is 0 Å². The van der Waals surface area contributed by atoms with E-state index >= 15 is 0 Å². The highest BCUT2D eigenvalue weighted by Crippen LogP contribution is 2.24. The summed E-state index contributed by atoms with van der Waals surface area (Å²) in [4.78, 5) is 19.5. The summed E-state index contributed by atoms with van der Waals surface area (Å²) in [6, 6.07) is 12.7. The second kappa shape index (κ2) is 10.5. The van der Waals surface area contributed by atoms with E-state index in [4.69, 9.17) is 4.84 Å². The molecule has 0 spiro atoms. The predicted molar refractivity (Wildman–Crippen MR) is 128 cm³/mol. The Hall–Kier alpha value is -2.31. The summed E-state index contributed by atoms with van der Waals surface area (Å²) in [5.41, 5.74) is 1.31. The Morgan fingerprint density at radius 2 is 1.62 bits per heavy atom. The SMILES string of the molecule is CC[C@@H](C)c1ccc(S(=O)(=O)N2CCN(C(=O)c3cccc(S(=O)(=O)N(C)OC)c3)CC2)cc1. The van der Waals surface area contributed by atoms with Crippen molar-refractivity contribution in [3.63, 3.8) is 0 Å². The van der Waals surface area contributed by atoms with Crippen molar-refractivity contribution in [2.24, 2.45) is 0 Å². The molecule has 2 aromatic rings. The van der Waals surface area contributed by atoms with Gasteiger partial charge in [0.25, 0.3) is 15.9 Å². The molecule has 3 rings (SSSR count). The topological polar surface area (TPSA) is 104 Å². The van der Waals surface area contributed by atoms with Gasteiger partial charge in [0, 0.05) is 38.8 Å². The van der Waals surface area contributed by atoms with Crippen LogP contribution in [-0.4, -0.2) is 76.8 Å². The second-order valence-electron chi connectivity index (χ2n) is 8.20. The minimum Gasteiger partial charge on any atom is -0.336 e. The van der Waals surface area contributed by atoms with Crippen molar-refractivity contribution < 1.29 is 26.5 Å². The van der Waals surface area contributed by atoms with Crippen LogP contribution >= 0.6 is 0 Å². The number of hydroxylamine groups is 1. The molecule has 9 nitrogen and oxygen atoms in total. The van der Waals surface area contributed by atoms with Crippen molar-refractivity contribution in [2.45, 2.75) is 36.0 Å². The largest absolute Gasteiger partial charge is 0.336 e. The highest BCUT2D eigenvalue weighted by molar-refractivity contribution is 7.89. The molecule has 11 heteroatoms. The maximum Gasteiger partial charge on any atom is 0.264 e. The normalized spacial score (nSPS) is 16.6. The molecule has 1 amide bonds. The molecule has 0 saturated carbocycles. The van der Waals surface area contributed by atoms with Gasteiger partial charge in [-0.3, -0.25) is 9.63 Å². The van der Waals surface area contributed by atoms with Crippen LogP contribution in [0.2, 0.25) is 0 Å². The van der Waals surface area contributed by atoms with E-state index in [2.05, 4.69) is 13.8 Å². The fourth-order valence-electron chi connectivity index (χ4n) is 3.70. The van der Waals surface area contributed by atoms with Crippen molar-refractivity contribution in [3.05, 3.63) is 59.7 Å². The van der Waals surface area contributed by atoms with Crippen LogP contribution in [0.3, 0.4) is 0 Å². The Kier molecular flexibility index (Phi) is 8.14. The third kappa shape index (κ3) is 5.33. The zero-order valence-corrected chi connectivity index (χ0v) is 21.5. The van der Waals surface area contributed by atoms with E-state index in [0.29, 0.717) is 5.92 Å². The molecule has 0 bridgehead atoms. The average molecular weight is 510 g/mol. The summed E-state index contributed by atoms with van der Waals surface area (Å²) in [5, 5.41) is 0. The Bertz CT molecular complexity index is 1220. The summed E-state index contributed by atoms with van der Waals surface area (Å²) in [5.74, 6) is 0.00164. The number of carbonyl (C=O) groups excluding carboxylic acids is 1. The molecule has 1 fully saturated rings. The van der Waals surface area contributed by atoms with Crippen LogP contribution in [-0.2, 0) is 24.9 Å². The van der Waals surface area contributed by atoms with Crippen LogP contribution in [0.25, 0.3) is 0 Å². The fourth-order valence-corrected chi connectivity index (χ4v) is 6.15. The number of amides is 1. The number of benzene rings is 2. The van der Waals surface area contributed by atoms with Crippen molar-refractivity contribution >= 4 is 26.0 Å². The lowest BCUT2D eigenvalue weighted by Crippen LogP contribution is -2.50. The first-order valence-electron chi connectivity index (χ1n) is 11.0. The first-order chi connectivity index (χ1) is 16.0. The fraction of sp³-hybridized carbons (Fsp3) is 0.435. The monoisotopic (exact) mass is 509 g/mol. The Morgan fingerprint density at radius 1 is 1.00 bits per heavy atom. The summed E-state index contributed by atoms with van der Waals surface area (Å²) >= 11 is 0. The number of hydrogen-bond acceptors (Lipinski definition) is 6. The quantitative estimate of drug-likeness (QED) is 0.507. The van der Waals surface area contributed by atoms with E-state index in [0.717, 1.165) is 16.5 Å². The second-order valence-corrected chi connectivity index (χ2v) is 12.1. The van der Waals surface area contributed by atoms with Gasteiger partial charge in [0.1, 0.15) is 0 Å². The van der Waals surface area contributed by atoms with Crippen LogP contribution in [0.15, 0.2) is 58.3 Å². The maximum atomic E-state index is 13.1. The molecule has 186 valence electrons. The summed E-state index contributed by atoms with van der Waals surface area (Å²) in [7, 11) is -5.06. The van der Waals surface area contributed by atoms with Crippen molar-refractivity contribution in [3.8, 4) is 0 Å². The van der Waals surface area contributed by atoms with E-state index in [-0.39, 0.29) is 47.4 Å². The standard InChI is InChI=1S/C23H31N3O6S2/c1-5-18(2)19-9-11-21(12-10-19)34(30,31)26-15-13-25(14-16-26)23(27)20-7-6-8-22(17-20)33(28,29)24(3)32-4/h6-12,17-18H,5,13-16H2,1-4H3/t18-/m1/s1. The predicted octanol–water partition coefficient (Wildman–Crippen LogP) is 2.53. The van der Waals surface area contributed by atoms with Gasteiger partial charge in [0.2, 0.25) is 10.0 Å². The molecule has 0 aliphatic carbocycles. The molecule has 34 heavy (non-hydrogen) atoms. The molecule has 0 radical (unpaired) electrons. The van der Waals surface area contributed by atoms with Gasteiger partial charge >= 0.3 is 0 Å². The van der Waals surface area contributed by atoms with Gasteiger partial charge in [0.15, 0.2) is 0 Å². The first-order valence-corrected chi connectivity index (χ1v) is 13.9. The minimum absolute atomic E-state index is 0.0650. The number of piperazine rings is 1. The van der Waals surface area contributed by atoms with Crippen LogP contribution in [0.5, 0.6) is 0 Å². The van der Waals surface area contributed by atoms with Gasteiger partial charge < -0.3 is 4.90 Å². The lowest BCUT2D eigenvalue weighted by molar-refractivity contribution is -0.0258. The number of sulfonamides is 2. The Balaban J connectivity index is 1.70.